The van der Waals surface area contributed by atoms with E-state index in [4.69, 9.17) is 9.05 Å². The Hall–Kier alpha value is -0.760. The fourth-order valence-corrected chi connectivity index (χ4v) is 10.00. The molecule has 0 aliphatic heterocycles. The number of unbranched alkanes of at least 4 members (excludes halogenated alkanes) is 43. The van der Waals surface area contributed by atoms with E-state index in [0.29, 0.717) is 17.4 Å². The highest BCUT2D eigenvalue weighted by Gasteiger charge is 2.23. The maximum atomic E-state index is 13.0. The van der Waals surface area contributed by atoms with Crippen LogP contribution in [0.5, 0.6) is 0 Å². The van der Waals surface area contributed by atoms with Gasteiger partial charge < -0.3 is 28.8 Å². The summed E-state index contributed by atoms with van der Waals surface area (Å²) in [4.78, 5) is 25.5. The zero-order chi connectivity index (χ0) is 49.9. The normalized spacial score (nSPS) is 13.9. The lowest BCUT2D eigenvalue weighted by Crippen LogP contribution is -2.45. The zero-order valence-corrected chi connectivity index (χ0v) is 47.2. The first-order valence-corrected chi connectivity index (χ1v) is 31.5. The van der Waals surface area contributed by atoms with Gasteiger partial charge in [0.2, 0.25) is 5.91 Å². The van der Waals surface area contributed by atoms with Crippen molar-refractivity contribution in [1.82, 2.24) is 5.32 Å². The van der Waals surface area contributed by atoms with Crippen molar-refractivity contribution in [1.29, 1.82) is 0 Å². The molecule has 1 unspecified atom stereocenters. The summed E-state index contributed by atoms with van der Waals surface area (Å²) in [6.07, 6.45) is 63.1. The molecule has 0 spiro atoms. The third kappa shape index (κ3) is 53.0. The minimum absolute atomic E-state index is 0.00256. The maximum Gasteiger partial charge on any atom is 0.268 e. The number of carbonyl (C=O) groups excluding carboxylic acids is 1. The van der Waals surface area contributed by atoms with Crippen LogP contribution in [0, 0.1) is 0 Å². The number of quaternary nitrogens is 1. The number of nitrogens with one attached hydrogen (secondary N) is 1. The van der Waals surface area contributed by atoms with E-state index in [9.17, 15) is 19.4 Å². The number of rotatable bonds is 56. The van der Waals surface area contributed by atoms with Gasteiger partial charge in [-0.3, -0.25) is 9.36 Å². The van der Waals surface area contributed by atoms with Crippen LogP contribution in [0.15, 0.2) is 12.2 Å². The molecule has 0 rings (SSSR count). The SMILES string of the molecule is CCCCCCCCCCCCCCC/C=C/[C@@H](O)[C@H](COP(=O)([O-])OCC[N+](C)(C)C)NC(=O)CCCCCCCCCCCCCCCCCCCCCCCCCCCCCCCCC. The molecule has 0 aromatic carbocycles. The van der Waals surface area contributed by atoms with Crippen LogP contribution in [0.4, 0.5) is 0 Å². The molecule has 0 heterocycles. The molecule has 0 fully saturated rings. The van der Waals surface area contributed by atoms with Crippen molar-refractivity contribution >= 4 is 13.7 Å². The maximum absolute atomic E-state index is 13.0. The number of aliphatic hydroxyl groups is 1. The van der Waals surface area contributed by atoms with Gasteiger partial charge in [-0.05, 0) is 19.3 Å². The summed E-state index contributed by atoms with van der Waals surface area (Å²) in [6, 6.07) is -0.881. The molecule has 0 aliphatic rings. The predicted octanol–water partition coefficient (Wildman–Crippen LogP) is 17.6. The average Bonchev–Trinajstić information content (AvgIpc) is 3.30. The molecule has 0 saturated heterocycles. The summed E-state index contributed by atoms with van der Waals surface area (Å²) in [5.74, 6) is -0.190. The van der Waals surface area contributed by atoms with E-state index in [-0.39, 0.29) is 19.1 Å². The fraction of sp³-hybridized carbons (Fsp3) is 0.949. The van der Waals surface area contributed by atoms with E-state index in [1.165, 1.54) is 250 Å². The molecule has 0 bridgehead atoms. The molecule has 9 heteroatoms. The Morgan fingerprint density at radius 1 is 0.500 bits per heavy atom. The van der Waals surface area contributed by atoms with Gasteiger partial charge in [0.15, 0.2) is 0 Å². The van der Waals surface area contributed by atoms with Crippen molar-refractivity contribution in [2.75, 3.05) is 40.9 Å². The molecule has 0 saturated carbocycles. The second-order valence-electron chi connectivity index (χ2n) is 22.1. The Labute approximate surface area is 424 Å². The second kappa shape index (κ2) is 51.2. The molecular formula is C59H119N2O6P. The third-order valence-electron chi connectivity index (χ3n) is 14.0. The summed E-state index contributed by atoms with van der Waals surface area (Å²) in [6.45, 7) is 4.69. The van der Waals surface area contributed by atoms with Crippen LogP contribution < -0.4 is 10.2 Å². The average molecular weight is 984 g/mol. The van der Waals surface area contributed by atoms with Gasteiger partial charge in [-0.25, -0.2) is 0 Å². The van der Waals surface area contributed by atoms with Crippen molar-refractivity contribution in [2.24, 2.45) is 0 Å². The van der Waals surface area contributed by atoms with Gasteiger partial charge >= 0.3 is 0 Å². The summed E-state index contributed by atoms with van der Waals surface area (Å²) in [5.41, 5.74) is 0. The van der Waals surface area contributed by atoms with E-state index in [1.54, 1.807) is 6.08 Å². The van der Waals surface area contributed by atoms with Crippen molar-refractivity contribution < 1.29 is 32.9 Å². The van der Waals surface area contributed by atoms with E-state index in [0.717, 1.165) is 38.5 Å². The Morgan fingerprint density at radius 3 is 1.10 bits per heavy atom. The van der Waals surface area contributed by atoms with Crippen LogP contribution in [0.25, 0.3) is 0 Å². The molecule has 0 aliphatic carbocycles. The highest BCUT2D eigenvalue weighted by molar-refractivity contribution is 7.45. The number of hydrogen-bond donors (Lipinski definition) is 2. The zero-order valence-electron chi connectivity index (χ0n) is 46.3. The topological polar surface area (TPSA) is 108 Å². The Bertz CT molecular complexity index is 1120. The number of phosphoric ester groups is 1. The minimum Gasteiger partial charge on any atom is -0.756 e. The largest absolute Gasteiger partial charge is 0.756 e. The lowest BCUT2D eigenvalue weighted by Gasteiger charge is -2.29. The highest BCUT2D eigenvalue weighted by atomic mass is 31.2. The quantitative estimate of drug-likeness (QED) is 0.0272. The molecule has 0 aromatic heterocycles. The molecule has 3 atom stereocenters. The Morgan fingerprint density at radius 2 is 0.794 bits per heavy atom. The third-order valence-corrected chi connectivity index (χ3v) is 15.0. The van der Waals surface area contributed by atoms with Gasteiger partial charge in [-0.1, -0.05) is 296 Å². The van der Waals surface area contributed by atoms with Gasteiger partial charge in [0.05, 0.1) is 39.9 Å². The summed E-state index contributed by atoms with van der Waals surface area (Å²) < 4.78 is 23.3. The van der Waals surface area contributed by atoms with Crippen molar-refractivity contribution in [3.63, 3.8) is 0 Å². The number of allylic oxidation sites excluding steroid dienone is 1. The van der Waals surface area contributed by atoms with Crippen LogP contribution in [0.1, 0.15) is 309 Å². The smallest absolute Gasteiger partial charge is 0.268 e. The number of amides is 1. The molecule has 1 amide bonds. The number of carbonyl (C=O) groups is 1. The van der Waals surface area contributed by atoms with Crippen molar-refractivity contribution in [3.8, 4) is 0 Å². The molecular weight excluding hydrogens is 864 g/mol. The van der Waals surface area contributed by atoms with Crippen LogP contribution >= 0.6 is 7.82 Å². The Kier molecular flexibility index (Phi) is 50.6. The summed E-state index contributed by atoms with van der Waals surface area (Å²) in [7, 11) is 1.28. The first-order chi connectivity index (χ1) is 33.0. The summed E-state index contributed by atoms with van der Waals surface area (Å²) >= 11 is 0. The van der Waals surface area contributed by atoms with Gasteiger partial charge in [0.25, 0.3) is 7.82 Å². The molecule has 0 aromatic rings. The summed E-state index contributed by atoms with van der Waals surface area (Å²) in [5, 5.41) is 13.9. The highest BCUT2D eigenvalue weighted by Crippen LogP contribution is 2.38. The molecule has 0 radical (unpaired) electrons. The lowest BCUT2D eigenvalue weighted by molar-refractivity contribution is -0.870. The molecule has 2 N–H and O–H groups in total. The van der Waals surface area contributed by atoms with E-state index >= 15 is 0 Å². The van der Waals surface area contributed by atoms with Gasteiger partial charge in [-0.2, -0.15) is 0 Å². The Balaban J connectivity index is 4.01. The fourth-order valence-electron chi connectivity index (χ4n) is 9.27. The lowest BCUT2D eigenvalue weighted by atomic mass is 10.0. The number of likely N-dealkylation sites (N-methyl/N-ethyl adjacent to an activating group) is 1. The first-order valence-electron chi connectivity index (χ1n) is 30.1. The standard InChI is InChI=1S/C59H119N2O6P/c1-6-8-10-12-14-16-18-20-22-23-24-25-26-27-28-29-30-31-32-33-34-35-36-37-39-41-43-45-47-49-51-53-59(63)60-57(56-67-68(64,65)66-55-54-61(3,4)5)58(62)52-50-48-46-44-42-40-38-21-19-17-15-13-11-9-7-2/h50,52,57-58,62H,6-49,51,53-56H2,1-5H3,(H-,60,63,64,65)/b52-50+/t57-,58+/m0/s1. The van der Waals surface area contributed by atoms with Crippen molar-refractivity contribution in [3.05, 3.63) is 12.2 Å². The van der Waals surface area contributed by atoms with Crippen LogP contribution in [0.3, 0.4) is 0 Å². The minimum atomic E-state index is -4.59. The molecule has 406 valence electrons. The van der Waals surface area contributed by atoms with Crippen LogP contribution in [-0.4, -0.2) is 68.5 Å². The number of aliphatic hydroxyl groups excluding tert-OH is 1. The van der Waals surface area contributed by atoms with E-state index in [2.05, 4.69) is 19.2 Å². The van der Waals surface area contributed by atoms with Gasteiger partial charge in [0, 0.05) is 6.42 Å². The second-order valence-corrected chi connectivity index (χ2v) is 23.5. The predicted molar refractivity (Wildman–Crippen MR) is 293 cm³/mol. The van der Waals surface area contributed by atoms with E-state index < -0.39 is 20.0 Å². The first kappa shape index (κ1) is 67.2. The number of nitrogens with zero attached hydrogens (tertiary/aromatic N) is 1. The number of phosphoric acid groups is 1. The molecule has 68 heavy (non-hydrogen) atoms. The van der Waals surface area contributed by atoms with E-state index in [1.807, 2.05) is 27.2 Å². The van der Waals surface area contributed by atoms with Crippen LogP contribution in [0.2, 0.25) is 0 Å². The van der Waals surface area contributed by atoms with Gasteiger partial charge in [-0.15, -0.1) is 0 Å². The monoisotopic (exact) mass is 983 g/mol. The van der Waals surface area contributed by atoms with Gasteiger partial charge in [0.1, 0.15) is 13.2 Å². The van der Waals surface area contributed by atoms with Crippen LogP contribution in [-0.2, 0) is 18.4 Å². The van der Waals surface area contributed by atoms with Crippen molar-refractivity contribution in [2.45, 2.75) is 321 Å². The molecule has 8 nitrogen and oxygen atoms in total. The number of hydrogen-bond acceptors (Lipinski definition) is 6.